The van der Waals surface area contributed by atoms with Crippen LogP contribution in [0.25, 0.3) is 0 Å². The molecule has 1 fully saturated rings. The van der Waals surface area contributed by atoms with Crippen LogP contribution in [0.3, 0.4) is 0 Å². The smallest absolute Gasteiger partial charge is 0.207 e. The van der Waals surface area contributed by atoms with Gasteiger partial charge in [0.1, 0.15) is 0 Å². The number of nitrogens with zero attached hydrogens (tertiary/aromatic N) is 1. The molecule has 5 heteroatoms. The number of alkyl halides is 1. The normalized spacial score (nSPS) is 20.8. The summed E-state index contributed by atoms with van der Waals surface area (Å²) >= 11 is 3.43. The Morgan fingerprint density at radius 2 is 2.00 bits per heavy atom. The highest BCUT2D eigenvalue weighted by Crippen LogP contribution is 2.25. The molecule has 0 bridgehead atoms. The van der Waals surface area contributed by atoms with Crippen LogP contribution in [-0.4, -0.2) is 31.1 Å². The van der Waals surface area contributed by atoms with Crippen molar-refractivity contribution in [2.75, 3.05) is 18.4 Å². The molecule has 1 aromatic rings. The minimum Gasteiger partial charge on any atom is -0.207 e. The summed E-state index contributed by atoms with van der Waals surface area (Å²) in [6, 6.07) is 7.33. The molecule has 19 heavy (non-hydrogen) atoms. The Balaban J connectivity index is 2.15. The molecule has 2 rings (SSSR count). The van der Waals surface area contributed by atoms with Crippen LogP contribution < -0.4 is 0 Å². The van der Waals surface area contributed by atoms with Gasteiger partial charge in [-0.25, -0.2) is 8.42 Å². The fraction of sp³-hybridized carbons (Fsp3) is 0.571. The first kappa shape index (κ1) is 15.0. The van der Waals surface area contributed by atoms with Crippen molar-refractivity contribution in [3.63, 3.8) is 0 Å². The van der Waals surface area contributed by atoms with Gasteiger partial charge >= 0.3 is 0 Å². The highest BCUT2D eigenvalue weighted by atomic mass is 79.9. The zero-order valence-electron chi connectivity index (χ0n) is 11.2. The molecule has 1 saturated heterocycles. The molecule has 1 aliphatic rings. The summed E-state index contributed by atoms with van der Waals surface area (Å²) in [5.74, 6) is 0.439. The summed E-state index contributed by atoms with van der Waals surface area (Å²) in [7, 11) is -3.30. The van der Waals surface area contributed by atoms with Crippen molar-refractivity contribution < 1.29 is 8.42 Å². The molecular formula is C14H20BrNO2S. The van der Waals surface area contributed by atoms with Gasteiger partial charge in [0.2, 0.25) is 10.0 Å². The SMILES string of the molecule is CCCc1ccc(S(=O)(=O)N2CCC(CBr)C2)cc1. The van der Waals surface area contributed by atoms with Gasteiger partial charge in [0.05, 0.1) is 4.90 Å². The lowest BCUT2D eigenvalue weighted by Gasteiger charge is -2.16. The molecule has 0 amide bonds. The van der Waals surface area contributed by atoms with E-state index in [1.807, 2.05) is 12.1 Å². The lowest BCUT2D eigenvalue weighted by atomic mass is 10.1. The molecule has 0 aliphatic carbocycles. The third kappa shape index (κ3) is 3.38. The third-order valence-electron chi connectivity index (χ3n) is 3.57. The van der Waals surface area contributed by atoms with Gasteiger partial charge in [-0.1, -0.05) is 41.4 Å². The van der Waals surface area contributed by atoms with E-state index < -0.39 is 10.0 Å². The predicted molar refractivity (Wildman–Crippen MR) is 81.1 cm³/mol. The van der Waals surface area contributed by atoms with Crippen molar-refractivity contribution in [3.8, 4) is 0 Å². The van der Waals surface area contributed by atoms with Crippen molar-refractivity contribution in [2.45, 2.75) is 31.1 Å². The molecule has 0 saturated carbocycles. The van der Waals surface area contributed by atoms with Gasteiger partial charge in [-0.2, -0.15) is 4.31 Å². The minimum absolute atomic E-state index is 0.419. The Labute approximate surface area is 124 Å². The van der Waals surface area contributed by atoms with Gasteiger partial charge in [0, 0.05) is 18.4 Å². The Morgan fingerprint density at radius 1 is 1.32 bits per heavy atom. The largest absolute Gasteiger partial charge is 0.243 e. The minimum atomic E-state index is -3.30. The Morgan fingerprint density at radius 3 is 2.53 bits per heavy atom. The summed E-state index contributed by atoms with van der Waals surface area (Å²) < 4.78 is 26.6. The monoisotopic (exact) mass is 345 g/mol. The van der Waals surface area contributed by atoms with E-state index in [1.54, 1.807) is 16.4 Å². The van der Waals surface area contributed by atoms with E-state index in [0.29, 0.717) is 23.9 Å². The number of benzene rings is 1. The number of hydrogen-bond acceptors (Lipinski definition) is 2. The van der Waals surface area contributed by atoms with E-state index in [2.05, 4.69) is 22.9 Å². The predicted octanol–water partition coefficient (Wildman–Crippen LogP) is 3.04. The molecule has 1 unspecified atom stereocenters. The maximum atomic E-state index is 12.5. The summed E-state index contributed by atoms with van der Waals surface area (Å²) in [6.45, 7) is 3.38. The number of hydrogen-bond donors (Lipinski definition) is 0. The lowest BCUT2D eigenvalue weighted by Crippen LogP contribution is -2.29. The van der Waals surface area contributed by atoms with Gasteiger partial charge in [0.25, 0.3) is 0 Å². The maximum Gasteiger partial charge on any atom is 0.243 e. The summed E-state index contributed by atoms with van der Waals surface area (Å²) in [4.78, 5) is 0.419. The second kappa shape index (κ2) is 6.37. The first-order valence-electron chi connectivity index (χ1n) is 6.73. The highest BCUT2D eigenvalue weighted by Gasteiger charge is 2.31. The van der Waals surface area contributed by atoms with Gasteiger partial charge < -0.3 is 0 Å². The van der Waals surface area contributed by atoms with Crippen LogP contribution in [0, 0.1) is 5.92 Å². The van der Waals surface area contributed by atoms with Crippen LogP contribution in [0.2, 0.25) is 0 Å². The van der Waals surface area contributed by atoms with Crippen molar-refractivity contribution in [1.29, 1.82) is 0 Å². The zero-order valence-corrected chi connectivity index (χ0v) is 13.6. The van der Waals surface area contributed by atoms with Gasteiger partial charge in [-0.15, -0.1) is 0 Å². The van der Waals surface area contributed by atoms with Crippen molar-refractivity contribution in [2.24, 2.45) is 5.92 Å². The zero-order chi connectivity index (χ0) is 13.9. The first-order chi connectivity index (χ1) is 9.07. The van der Waals surface area contributed by atoms with Gasteiger partial charge in [-0.05, 0) is 36.5 Å². The molecule has 0 N–H and O–H groups in total. The molecule has 0 aromatic heterocycles. The summed E-state index contributed by atoms with van der Waals surface area (Å²) in [6.07, 6.45) is 3.01. The van der Waals surface area contributed by atoms with E-state index in [0.717, 1.165) is 24.6 Å². The molecule has 0 radical (unpaired) electrons. The molecule has 106 valence electrons. The van der Waals surface area contributed by atoms with E-state index in [9.17, 15) is 8.42 Å². The van der Waals surface area contributed by atoms with Crippen LogP contribution in [0.5, 0.6) is 0 Å². The molecule has 1 aromatic carbocycles. The maximum absolute atomic E-state index is 12.5. The first-order valence-corrected chi connectivity index (χ1v) is 9.29. The van der Waals surface area contributed by atoms with E-state index >= 15 is 0 Å². The van der Waals surface area contributed by atoms with Crippen molar-refractivity contribution in [1.82, 2.24) is 4.31 Å². The second-order valence-corrected chi connectivity index (χ2v) is 7.65. The summed E-state index contributed by atoms with van der Waals surface area (Å²) in [5, 5.41) is 0.870. The topological polar surface area (TPSA) is 37.4 Å². The Bertz CT molecular complexity index is 513. The van der Waals surface area contributed by atoms with Crippen LogP contribution in [0.4, 0.5) is 0 Å². The lowest BCUT2D eigenvalue weighted by molar-refractivity contribution is 0.466. The van der Waals surface area contributed by atoms with Crippen LogP contribution in [0.15, 0.2) is 29.2 Å². The highest BCUT2D eigenvalue weighted by molar-refractivity contribution is 9.09. The standard InChI is InChI=1S/C14H20BrNO2S/c1-2-3-12-4-6-14(7-5-12)19(17,18)16-9-8-13(10-15)11-16/h4-7,13H,2-3,8-11H2,1H3. The van der Waals surface area contributed by atoms with Gasteiger partial charge in [0.15, 0.2) is 0 Å². The number of aryl methyl sites for hydroxylation is 1. The number of rotatable bonds is 5. The molecule has 3 nitrogen and oxygen atoms in total. The summed E-state index contributed by atoms with van der Waals surface area (Å²) in [5.41, 5.74) is 1.20. The van der Waals surface area contributed by atoms with E-state index in [-0.39, 0.29) is 0 Å². The average Bonchev–Trinajstić information content (AvgIpc) is 2.89. The van der Waals surface area contributed by atoms with E-state index in [4.69, 9.17) is 0 Å². The molecule has 1 aliphatic heterocycles. The van der Waals surface area contributed by atoms with Crippen LogP contribution >= 0.6 is 15.9 Å². The number of sulfonamides is 1. The van der Waals surface area contributed by atoms with Crippen LogP contribution in [0.1, 0.15) is 25.3 Å². The number of halogens is 1. The second-order valence-electron chi connectivity index (χ2n) is 5.07. The van der Waals surface area contributed by atoms with Crippen LogP contribution in [-0.2, 0) is 16.4 Å². The van der Waals surface area contributed by atoms with E-state index in [1.165, 1.54) is 5.56 Å². The Kier molecular flexibility index (Phi) is 5.03. The molecule has 1 heterocycles. The third-order valence-corrected chi connectivity index (χ3v) is 6.36. The quantitative estimate of drug-likeness (QED) is 0.769. The van der Waals surface area contributed by atoms with Gasteiger partial charge in [-0.3, -0.25) is 0 Å². The average molecular weight is 346 g/mol. The Hall–Kier alpha value is -0.390. The fourth-order valence-electron chi connectivity index (χ4n) is 2.41. The van der Waals surface area contributed by atoms with Crippen molar-refractivity contribution in [3.05, 3.63) is 29.8 Å². The molecule has 1 atom stereocenters. The molecular weight excluding hydrogens is 326 g/mol. The molecule has 0 spiro atoms. The van der Waals surface area contributed by atoms with Crippen molar-refractivity contribution >= 4 is 26.0 Å². The fourth-order valence-corrected chi connectivity index (χ4v) is 4.47.